The van der Waals surface area contributed by atoms with Gasteiger partial charge in [-0.25, -0.2) is 4.98 Å². The van der Waals surface area contributed by atoms with Crippen LogP contribution in [0.2, 0.25) is 0 Å². The van der Waals surface area contributed by atoms with Gasteiger partial charge in [-0.2, -0.15) is 0 Å². The first kappa shape index (κ1) is 16.8. The molecule has 0 amide bonds. The second-order valence-electron chi connectivity index (χ2n) is 6.60. The van der Waals surface area contributed by atoms with Crippen LogP contribution in [0.15, 0.2) is 63.7 Å². The Balaban J connectivity index is 1.34. The monoisotopic (exact) mass is 394 g/mol. The number of hydrogen-bond acceptors (Lipinski definition) is 6. The summed E-state index contributed by atoms with van der Waals surface area (Å²) in [5, 5.41) is 12.9. The maximum atomic E-state index is 5.43. The third-order valence-corrected chi connectivity index (χ3v) is 6.41. The van der Waals surface area contributed by atoms with Gasteiger partial charge >= 0.3 is 0 Å². The number of rotatable bonds is 7. The van der Waals surface area contributed by atoms with Crippen molar-refractivity contribution in [3.05, 3.63) is 71.2 Å². The Morgan fingerprint density at radius 2 is 2.00 bits per heavy atom. The first-order chi connectivity index (χ1) is 13.4. The summed E-state index contributed by atoms with van der Waals surface area (Å²) < 4.78 is 7.71. The molecule has 0 bridgehead atoms. The average molecular weight is 395 g/mol. The van der Waals surface area contributed by atoms with Crippen molar-refractivity contribution in [1.82, 2.24) is 19.7 Å². The van der Waals surface area contributed by atoms with Crippen LogP contribution in [0.5, 0.6) is 0 Å². The lowest BCUT2D eigenvalue weighted by atomic mass is 10.2. The van der Waals surface area contributed by atoms with Crippen LogP contribution < -0.4 is 0 Å². The Morgan fingerprint density at radius 3 is 2.78 bits per heavy atom. The number of aromatic nitrogens is 4. The number of benzene rings is 1. The molecule has 7 heteroatoms. The van der Waals surface area contributed by atoms with Gasteiger partial charge < -0.3 is 8.98 Å². The molecule has 5 rings (SSSR count). The van der Waals surface area contributed by atoms with E-state index in [9.17, 15) is 0 Å². The fourth-order valence-electron chi connectivity index (χ4n) is 2.99. The van der Waals surface area contributed by atoms with E-state index in [2.05, 4.69) is 49.4 Å². The van der Waals surface area contributed by atoms with Gasteiger partial charge in [-0.05, 0) is 30.5 Å². The van der Waals surface area contributed by atoms with E-state index >= 15 is 0 Å². The summed E-state index contributed by atoms with van der Waals surface area (Å²) in [7, 11) is 0. The van der Waals surface area contributed by atoms with Crippen LogP contribution >= 0.6 is 23.1 Å². The highest BCUT2D eigenvalue weighted by Crippen LogP contribution is 2.40. The summed E-state index contributed by atoms with van der Waals surface area (Å²) in [5.41, 5.74) is 2.31. The van der Waals surface area contributed by atoms with E-state index in [1.807, 2.05) is 18.2 Å². The summed E-state index contributed by atoms with van der Waals surface area (Å²) in [5.74, 6) is 3.28. The zero-order valence-electron chi connectivity index (χ0n) is 14.6. The number of hydrogen-bond donors (Lipinski definition) is 0. The SMILES string of the molecule is c1ccc(Cn2c(SCc3csc(-c4ccco4)n3)nnc2C2CC2)cc1. The molecule has 0 radical (unpaired) electrons. The molecule has 1 fully saturated rings. The Kier molecular flexibility index (Phi) is 4.55. The molecule has 0 N–H and O–H groups in total. The highest BCUT2D eigenvalue weighted by Gasteiger charge is 2.30. The molecule has 0 spiro atoms. The van der Waals surface area contributed by atoms with Crippen molar-refractivity contribution in [2.45, 2.75) is 36.2 Å². The van der Waals surface area contributed by atoms with Crippen LogP contribution in [0.25, 0.3) is 10.8 Å². The Bertz CT molecular complexity index is 1020. The molecule has 0 unspecified atom stereocenters. The van der Waals surface area contributed by atoms with E-state index in [1.165, 1.54) is 18.4 Å². The predicted octanol–water partition coefficient (Wildman–Crippen LogP) is 5.21. The Morgan fingerprint density at radius 1 is 1.11 bits per heavy atom. The summed E-state index contributed by atoms with van der Waals surface area (Å²) >= 11 is 3.31. The van der Waals surface area contributed by atoms with Gasteiger partial charge in [0.25, 0.3) is 0 Å². The van der Waals surface area contributed by atoms with Crippen LogP contribution in [0.3, 0.4) is 0 Å². The van der Waals surface area contributed by atoms with Gasteiger partial charge in [-0.1, -0.05) is 42.1 Å². The van der Waals surface area contributed by atoms with Crippen LogP contribution in [0, 0.1) is 0 Å². The van der Waals surface area contributed by atoms with Gasteiger partial charge in [-0.3, -0.25) is 0 Å². The zero-order valence-corrected chi connectivity index (χ0v) is 16.2. The van der Waals surface area contributed by atoms with E-state index in [0.717, 1.165) is 39.7 Å². The lowest BCUT2D eigenvalue weighted by Crippen LogP contribution is -2.06. The fraction of sp³-hybridized carbons (Fsp3) is 0.250. The van der Waals surface area contributed by atoms with Gasteiger partial charge in [0.1, 0.15) is 5.82 Å². The molecule has 5 nitrogen and oxygen atoms in total. The molecule has 0 aliphatic heterocycles. The molecular weight excluding hydrogens is 376 g/mol. The van der Waals surface area contributed by atoms with Crippen molar-refractivity contribution in [2.75, 3.05) is 0 Å². The summed E-state index contributed by atoms with van der Waals surface area (Å²) in [6.07, 6.45) is 4.11. The van der Waals surface area contributed by atoms with Crippen molar-refractivity contribution in [2.24, 2.45) is 0 Å². The molecule has 27 heavy (non-hydrogen) atoms. The summed E-state index contributed by atoms with van der Waals surface area (Å²) in [6.45, 7) is 0.816. The van der Waals surface area contributed by atoms with Crippen LogP contribution in [0.1, 0.15) is 35.8 Å². The van der Waals surface area contributed by atoms with E-state index in [1.54, 1.807) is 29.4 Å². The van der Waals surface area contributed by atoms with E-state index in [0.29, 0.717) is 5.92 Å². The standard InChI is InChI=1S/C20H18N4OS2/c1-2-5-14(6-3-1)11-24-18(15-8-9-15)22-23-20(24)27-13-16-12-26-19(21-16)17-7-4-10-25-17/h1-7,10,12,15H,8-9,11,13H2. The zero-order chi connectivity index (χ0) is 18.1. The molecule has 136 valence electrons. The largest absolute Gasteiger partial charge is 0.462 e. The second kappa shape index (κ2) is 7.32. The van der Waals surface area contributed by atoms with Gasteiger partial charge in [-0.15, -0.1) is 21.5 Å². The molecule has 0 atom stereocenters. The smallest absolute Gasteiger partial charge is 0.191 e. The number of furan rings is 1. The third kappa shape index (κ3) is 3.70. The summed E-state index contributed by atoms with van der Waals surface area (Å²) in [6, 6.07) is 14.3. The van der Waals surface area contributed by atoms with Crippen LogP contribution in [-0.4, -0.2) is 19.7 Å². The second-order valence-corrected chi connectivity index (χ2v) is 8.40. The van der Waals surface area contributed by atoms with Gasteiger partial charge in [0.05, 0.1) is 18.5 Å². The van der Waals surface area contributed by atoms with Crippen LogP contribution in [-0.2, 0) is 12.3 Å². The molecule has 3 heterocycles. The predicted molar refractivity (Wildman–Crippen MR) is 107 cm³/mol. The van der Waals surface area contributed by atoms with Crippen molar-refractivity contribution in [3.63, 3.8) is 0 Å². The topological polar surface area (TPSA) is 56.7 Å². The molecule has 4 aromatic rings. The van der Waals surface area contributed by atoms with Crippen LogP contribution in [0.4, 0.5) is 0 Å². The molecule has 1 saturated carbocycles. The lowest BCUT2D eigenvalue weighted by Gasteiger charge is -2.09. The normalized spacial score (nSPS) is 13.9. The minimum Gasteiger partial charge on any atom is -0.462 e. The Hall–Kier alpha value is -2.38. The highest BCUT2D eigenvalue weighted by atomic mass is 32.2. The molecule has 1 aliphatic rings. The van der Waals surface area contributed by atoms with Crippen molar-refractivity contribution < 1.29 is 4.42 Å². The fourth-order valence-corrected chi connectivity index (χ4v) is 4.72. The molecule has 3 aromatic heterocycles. The van der Waals surface area contributed by atoms with Gasteiger partial charge in [0, 0.05) is 17.1 Å². The summed E-state index contributed by atoms with van der Waals surface area (Å²) in [4.78, 5) is 4.68. The highest BCUT2D eigenvalue weighted by molar-refractivity contribution is 7.98. The number of thioether (sulfide) groups is 1. The minimum absolute atomic E-state index is 0.570. The van der Waals surface area contributed by atoms with E-state index in [4.69, 9.17) is 4.42 Å². The first-order valence-electron chi connectivity index (χ1n) is 8.95. The lowest BCUT2D eigenvalue weighted by molar-refractivity contribution is 0.581. The average Bonchev–Trinajstić information content (AvgIpc) is 3.11. The number of nitrogens with zero attached hydrogens (tertiary/aromatic N) is 4. The molecule has 0 saturated heterocycles. The minimum atomic E-state index is 0.570. The maximum absolute atomic E-state index is 5.43. The number of thiazole rings is 1. The molecular formula is C20H18N4OS2. The maximum Gasteiger partial charge on any atom is 0.191 e. The van der Waals surface area contributed by atoms with Crippen molar-refractivity contribution >= 4 is 23.1 Å². The quantitative estimate of drug-likeness (QED) is 0.403. The molecule has 1 aromatic carbocycles. The van der Waals surface area contributed by atoms with Crippen molar-refractivity contribution in [1.29, 1.82) is 0 Å². The van der Waals surface area contributed by atoms with E-state index < -0.39 is 0 Å². The van der Waals surface area contributed by atoms with Gasteiger partial charge in [0.2, 0.25) is 0 Å². The first-order valence-corrected chi connectivity index (χ1v) is 10.8. The Labute approximate surface area is 165 Å². The van der Waals surface area contributed by atoms with Crippen molar-refractivity contribution in [3.8, 4) is 10.8 Å². The third-order valence-electron chi connectivity index (χ3n) is 4.50. The molecule has 1 aliphatic carbocycles. The van der Waals surface area contributed by atoms with E-state index in [-0.39, 0.29) is 0 Å². The van der Waals surface area contributed by atoms with Gasteiger partial charge in [0.15, 0.2) is 15.9 Å².